The van der Waals surface area contributed by atoms with Crippen molar-refractivity contribution in [2.24, 2.45) is 5.92 Å². The number of piperidine rings is 1. The SMILES string of the molecule is COCCNC(=O)[C@H]1CC[C@@H](c2cccc(C)c2)N(C(=O)NC(C)C)C1. The number of nitrogens with zero attached hydrogens (tertiary/aromatic N) is 1. The van der Waals surface area contributed by atoms with Crippen LogP contribution in [0.2, 0.25) is 0 Å². The molecule has 1 fully saturated rings. The number of methoxy groups -OCH3 is 1. The third kappa shape index (κ3) is 5.46. The molecule has 1 aliphatic rings. The van der Waals surface area contributed by atoms with Crippen LogP contribution in [0.4, 0.5) is 4.79 Å². The van der Waals surface area contributed by atoms with Crippen molar-refractivity contribution < 1.29 is 14.3 Å². The summed E-state index contributed by atoms with van der Waals surface area (Å²) in [5, 5.41) is 5.87. The van der Waals surface area contributed by atoms with Gasteiger partial charge in [0.1, 0.15) is 0 Å². The molecule has 2 rings (SSSR count). The molecule has 1 aliphatic heterocycles. The molecule has 6 heteroatoms. The lowest BCUT2D eigenvalue weighted by atomic mass is 9.88. The average Bonchev–Trinajstić information content (AvgIpc) is 2.60. The number of nitrogens with one attached hydrogen (secondary N) is 2. The third-order valence-electron chi connectivity index (χ3n) is 4.66. The minimum Gasteiger partial charge on any atom is -0.383 e. The predicted octanol–water partition coefficient (Wildman–Crippen LogP) is 2.63. The van der Waals surface area contributed by atoms with Gasteiger partial charge in [0, 0.05) is 26.2 Å². The maximum Gasteiger partial charge on any atom is 0.318 e. The second kappa shape index (κ2) is 9.57. The number of rotatable bonds is 6. The molecule has 0 aliphatic carbocycles. The second-order valence-corrected chi connectivity index (χ2v) is 7.24. The van der Waals surface area contributed by atoms with E-state index in [9.17, 15) is 9.59 Å². The molecule has 2 atom stereocenters. The van der Waals surface area contributed by atoms with Gasteiger partial charge in [-0.3, -0.25) is 4.79 Å². The molecule has 0 spiro atoms. The van der Waals surface area contributed by atoms with Crippen LogP contribution in [0, 0.1) is 12.8 Å². The zero-order valence-corrected chi connectivity index (χ0v) is 16.2. The summed E-state index contributed by atoms with van der Waals surface area (Å²) in [5.74, 6) is -0.196. The lowest BCUT2D eigenvalue weighted by molar-refractivity contribution is -0.127. The van der Waals surface area contributed by atoms with E-state index >= 15 is 0 Å². The third-order valence-corrected chi connectivity index (χ3v) is 4.66. The highest BCUT2D eigenvalue weighted by Crippen LogP contribution is 2.34. The van der Waals surface area contributed by atoms with Gasteiger partial charge in [0.25, 0.3) is 0 Å². The average molecular weight is 361 g/mol. The van der Waals surface area contributed by atoms with Gasteiger partial charge in [-0.2, -0.15) is 0 Å². The van der Waals surface area contributed by atoms with Crippen molar-refractivity contribution >= 4 is 11.9 Å². The van der Waals surface area contributed by atoms with E-state index in [2.05, 4.69) is 35.8 Å². The summed E-state index contributed by atoms with van der Waals surface area (Å²) >= 11 is 0. The molecule has 0 aromatic heterocycles. The standard InChI is InChI=1S/C20H31N3O3/c1-14(2)22-20(25)23-13-17(19(24)21-10-11-26-4)8-9-18(23)16-7-5-6-15(3)12-16/h5-7,12,14,17-18H,8-11,13H2,1-4H3,(H,21,24)(H,22,25)/t17-,18-/m0/s1. The molecule has 1 saturated heterocycles. The normalized spacial score (nSPS) is 20.1. The minimum atomic E-state index is -0.189. The Labute approximate surface area is 156 Å². The zero-order valence-electron chi connectivity index (χ0n) is 16.2. The fraction of sp³-hybridized carbons (Fsp3) is 0.600. The van der Waals surface area contributed by atoms with Crippen molar-refractivity contribution in [1.82, 2.24) is 15.5 Å². The molecule has 0 saturated carbocycles. The van der Waals surface area contributed by atoms with Crippen LogP contribution < -0.4 is 10.6 Å². The van der Waals surface area contributed by atoms with Crippen LogP contribution in [0.15, 0.2) is 24.3 Å². The number of likely N-dealkylation sites (tertiary alicyclic amines) is 1. The molecule has 0 radical (unpaired) electrons. The Bertz CT molecular complexity index is 618. The van der Waals surface area contributed by atoms with E-state index in [1.807, 2.05) is 24.8 Å². The Morgan fingerprint density at radius 3 is 2.73 bits per heavy atom. The van der Waals surface area contributed by atoms with Gasteiger partial charge in [0.15, 0.2) is 0 Å². The van der Waals surface area contributed by atoms with Gasteiger partial charge in [-0.15, -0.1) is 0 Å². The number of benzene rings is 1. The van der Waals surface area contributed by atoms with Gasteiger partial charge in [-0.05, 0) is 39.2 Å². The summed E-state index contributed by atoms with van der Waals surface area (Å²) in [4.78, 5) is 27.0. The first-order valence-corrected chi connectivity index (χ1v) is 9.32. The van der Waals surface area contributed by atoms with Gasteiger partial charge in [0.05, 0.1) is 18.6 Å². The zero-order chi connectivity index (χ0) is 19.1. The highest BCUT2D eigenvalue weighted by Gasteiger charge is 2.35. The van der Waals surface area contributed by atoms with Crippen LogP contribution in [0.5, 0.6) is 0 Å². The molecule has 3 amide bonds. The molecule has 6 nitrogen and oxygen atoms in total. The van der Waals surface area contributed by atoms with Crippen molar-refractivity contribution in [3.8, 4) is 0 Å². The van der Waals surface area contributed by atoms with Crippen molar-refractivity contribution in [1.29, 1.82) is 0 Å². The molecule has 26 heavy (non-hydrogen) atoms. The van der Waals surface area contributed by atoms with Crippen molar-refractivity contribution in [2.75, 3.05) is 26.8 Å². The van der Waals surface area contributed by atoms with Gasteiger partial charge in [-0.25, -0.2) is 4.79 Å². The minimum absolute atomic E-state index is 0.00308. The summed E-state index contributed by atoms with van der Waals surface area (Å²) in [6.07, 6.45) is 1.54. The summed E-state index contributed by atoms with van der Waals surface area (Å²) in [6.45, 7) is 7.34. The van der Waals surface area contributed by atoms with E-state index in [0.717, 1.165) is 18.4 Å². The molecule has 0 bridgehead atoms. The maximum absolute atomic E-state index is 12.8. The van der Waals surface area contributed by atoms with Crippen molar-refractivity contribution in [3.63, 3.8) is 0 Å². The van der Waals surface area contributed by atoms with Gasteiger partial charge >= 0.3 is 6.03 Å². The lowest BCUT2D eigenvalue weighted by Crippen LogP contribution is -2.51. The van der Waals surface area contributed by atoms with E-state index in [-0.39, 0.29) is 29.9 Å². The first-order chi connectivity index (χ1) is 12.4. The number of ether oxygens (including phenoxy) is 1. The molecule has 1 heterocycles. The van der Waals surface area contributed by atoms with Crippen LogP contribution in [0.1, 0.15) is 43.9 Å². The highest BCUT2D eigenvalue weighted by molar-refractivity contribution is 5.81. The number of carbonyl (C=O) groups excluding carboxylic acids is 2. The summed E-state index contributed by atoms with van der Waals surface area (Å²) in [6, 6.07) is 8.20. The smallest absolute Gasteiger partial charge is 0.318 e. The van der Waals surface area contributed by atoms with Crippen LogP contribution in [0.25, 0.3) is 0 Å². The largest absolute Gasteiger partial charge is 0.383 e. The molecular weight excluding hydrogens is 330 g/mol. The molecule has 1 aromatic rings. The van der Waals surface area contributed by atoms with Crippen LogP contribution in [-0.4, -0.2) is 49.7 Å². The molecular formula is C20H31N3O3. The monoisotopic (exact) mass is 361 g/mol. The number of aryl methyl sites for hydroxylation is 1. The number of amides is 3. The first kappa shape index (κ1) is 20.2. The number of hydrogen-bond acceptors (Lipinski definition) is 3. The van der Waals surface area contributed by atoms with Gasteiger partial charge in [-0.1, -0.05) is 29.8 Å². The lowest BCUT2D eigenvalue weighted by Gasteiger charge is -2.40. The summed E-state index contributed by atoms with van der Waals surface area (Å²) in [7, 11) is 1.61. The van der Waals surface area contributed by atoms with E-state index in [0.29, 0.717) is 19.7 Å². The maximum atomic E-state index is 12.8. The Hall–Kier alpha value is -2.08. The van der Waals surface area contributed by atoms with Crippen molar-refractivity contribution in [3.05, 3.63) is 35.4 Å². The molecule has 0 unspecified atom stereocenters. The number of urea groups is 1. The molecule has 144 valence electrons. The van der Waals surface area contributed by atoms with Crippen LogP contribution >= 0.6 is 0 Å². The predicted molar refractivity (Wildman–Crippen MR) is 102 cm³/mol. The fourth-order valence-corrected chi connectivity index (χ4v) is 3.38. The van der Waals surface area contributed by atoms with Crippen LogP contribution in [0.3, 0.4) is 0 Å². The Morgan fingerprint density at radius 2 is 2.08 bits per heavy atom. The van der Waals surface area contributed by atoms with Crippen LogP contribution in [-0.2, 0) is 9.53 Å². The van der Waals surface area contributed by atoms with Crippen molar-refractivity contribution in [2.45, 2.75) is 45.7 Å². The number of carbonyl (C=O) groups is 2. The topological polar surface area (TPSA) is 70.7 Å². The Balaban J connectivity index is 2.14. The van der Waals surface area contributed by atoms with E-state index in [1.54, 1.807) is 7.11 Å². The summed E-state index contributed by atoms with van der Waals surface area (Å²) in [5.41, 5.74) is 2.30. The summed E-state index contributed by atoms with van der Waals surface area (Å²) < 4.78 is 4.98. The quantitative estimate of drug-likeness (QED) is 0.765. The van der Waals surface area contributed by atoms with Gasteiger partial charge < -0.3 is 20.3 Å². The molecule has 2 N–H and O–H groups in total. The fourth-order valence-electron chi connectivity index (χ4n) is 3.38. The Kier molecular flexibility index (Phi) is 7.45. The number of hydrogen-bond donors (Lipinski definition) is 2. The van der Waals surface area contributed by atoms with E-state index in [1.165, 1.54) is 5.56 Å². The Morgan fingerprint density at radius 1 is 1.31 bits per heavy atom. The highest BCUT2D eigenvalue weighted by atomic mass is 16.5. The first-order valence-electron chi connectivity index (χ1n) is 9.32. The second-order valence-electron chi connectivity index (χ2n) is 7.24. The molecule has 1 aromatic carbocycles. The van der Waals surface area contributed by atoms with Gasteiger partial charge in [0.2, 0.25) is 5.91 Å². The van der Waals surface area contributed by atoms with E-state index < -0.39 is 0 Å². The van der Waals surface area contributed by atoms with E-state index in [4.69, 9.17) is 4.74 Å².